The average molecular weight is 104 g/mol. The molecule has 0 amide bonds. The van der Waals surface area contributed by atoms with Gasteiger partial charge in [0.05, 0.1) is 0 Å². The van der Waals surface area contributed by atoms with E-state index in [0.717, 1.165) is 5.06 Å². The van der Waals surface area contributed by atoms with Crippen molar-refractivity contribution < 1.29 is 5.21 Å². The van der Waals surface area contributed by atoms with Crippen molar-refractivity contribution >= 4 is 0 Å². The van der Waals surface area contributed by atoms with Crippen molar-refractivity contribution in [2.45, 2.75) is 13.0 Å². The molecule has 1 unspecified atom stereocenters. The standard InChI is InChI=1S/C4H12N2O/c1-4(3-5)6(2)7/h4,7H,3,5H2,1-2H3. The topological polar surface area (TPSA) is 49.5 Å². The molecule has 0 aliphatic heterocycles. The van der Waals surface area contributed by atoms with Crippen molar-refractivity contribution in [3.8, 4) is 0 Å². The second-order valence-electron chi connectivity index (χ2n) is 1.66. The van der Waals surface area contributed by atoms with Crippen LogP contribution in [0.3, 0.4) is 0 Å². The number of nitrogens with zero attached hydrogens (tertiary/aromatic N) is 1. The molecule has 1 atom stereocenters. The Hall–Kier alpha value is -0.120. The molecule has 0 aromatic rings. The van der Waals surface area contributed by atoms with Gasteiger partial charge in [0.1, 0.15) is 0 Å². The fourth-order valence-corrected chi connectivity index (χ4v) is 0.153. The Morgan fingerprint density at radius 3 is 2.29 bits per heavy atom. The van der Waals surface area contributed by atoms with Crippen LogP contribution in [0.25, 0.3) is 0 Å². The number of rotatable bonds is 2. The number of hydroxylamine groups is 2. The lowest BCUT2D eigenvalue weighted by Gasteiger charge is -2.14. The first kappa shape index (κ1) is 6.88. The third kappa shape index (κ3) is 2.56. The lowest BCUT2D eigenvalue weighted by molar-refractivity contribution is -0.0936. The van der Waals surface area contributed by atoms with Crippen LogP contribution in [0.15, 0.2) is 0 Å². The van der Waals surface area contributed by atoms with Crippen LogP contribution in [0.2, 0.25) is 0 Å². The molecule has 0 fully saturated rings. The van der Waals surface area contributed by atoms with Gasteiger partial charge in [-0.05, 0) is 6.92 Å². The zero-order valence-corrected chi connectivity index (χ0v) is 4.76. The van der Waals surface area contributed by atoms with Crippen LogP contribution in [0.5, 0.6) is 0 Å². The van der Waals surface area contributed by atoms with Gasteiger partial charge in [0.25, 0.3) is 0 Å². The van der Waals surface area contributed by atoms with Gasteiger partial charge in [0.15, 0.2) is 0 Å². The van der Waals surface area contributed by atoms with Crippen molar-refractivity contribution in [3.63, 3.8) is 0 Å². The van der Waals surface area contributed by atoms with Crippen LogP contribution in [-0.2, 0) is 0 Å². The van der Waals surface area contributed by atoms with E-state index in [1.807, 2.05) is 6.92 Å². The Bertz CT molecular complexity index is 47.0. The Labute approximate surface area is 43.7 Å². The van der Waals surface area contributed by atoms with E-state index in [1.165, 1.54) is 0 Å². The maximum atomic E-state index is 8.57. The number of nitrogens with two attached hydrogens (primary N) is 1. The van der Waals surface area contributed by atoms with Crippen LogP contribution >= 0.6 is 0 Å². The highest BCUT2D eigenvalue weighted by Crippen LogP contribution is 1.83. The van der Waals surface area contributed by atoms with E-state index in [0.29, 0.717) is 6.54 Å². The fraction of sp³-hybridized carbons (Fsp3) is 1.00. The predicted molar refractivity (Wildman–Crippen MR) is 28.1 cm³/mol. The van der Waals surface area contributed by atoms with Crippen molar-refractivity contribution in [2.24, 2.45) is 5.73 Å². The highest BCUT2D eigenvalue weighted by atomic mass is 16.5. The third-order valence-corrected chi connectivity index (χ3v) is 0.979. The summed E-state index contributed by atoms with van der Waals surface area (Å²) < 4.78 is 0. The largest absolute Gasteiger partial charge is 0.329 e. The molecule has 0 aromatic carbocycles. The minimum Gasteiger partial charge on any atom is -0.329 e. The summed E-state index contributed by atoms with van der Waals surface area (Å²) in [6.07, 6.45) is 0. The SMILES string of the molecule is CC(CN)N(C)O. The Kier molecular flexibility index (Phi) is 2.91. The van der Waals surface area contributed by atoms with Crippen molar-refractivity contribution in [3.05, 3.63) is 0 Å². The summed E-state index contributed by atoms with van der Waals surface area (Å²) >= 11 is 0. The summed E-state index contributed by atoms with van der Waals surface area (Å²) in [5, 5.41) is 9.67. The van der Waals surface area contributed by atoms with E-state index in [4.69, 9.17) is 10.9 Å². The Morgan fingerprint density at radius 2 is 2.29 bits per heavy atom. The summed E-state index contributed by atoms with van der Waals surface area (Å²) in [7, 11) is 1.58. The average Bonchev–Trinajstić information content (AvgIpc) is 1.65. The summed E-state index contributed by atoms with van der Waals surface area (Å²) in [4.78, 5) is 0. The first-order chi connectivity index (χ1) is 3.18. The van der Waals surface area contributed by atoms with Crippen molar-refractivity contribution in [2.75, 3.05) is 13.6 Å². The highest BCUT2D eigenvalue weighted by molar-refractivity contribution is 4.52. The normalized spacial score (nSPS) is 15.0. The number of likely N-dealkylation sites (N-methyl/N-ethyl adjacent to an activating group) is 1. The lowest BCUT2D eigenvalue weighted by Crippen LogP contribution is -2.32. The molecular formula is C4H12N2O. The Morgan fingerprint density at radius 1 is 1.86 bits per heavy atom. The van der Waals surface area contributed by atoms with Crippen LogP contribution in [-0.4, -0.2) is 29.9 Å². The lowest BCUT2D eigenvalue weighted by atomic mass is 10.3. The highest BCUT2D eigenvalue weighted by Gasteiger charge is 1.99. The van der Waals surface area contributed by atoms with Gasteiger partial charge in [-0.2, -0.15) is 5.06 Å². The first-order valence-electron chi connectivity index (χ1n) is 2.30. The van der Waals surface area contributed by atoms with Gasteiger partial charge in [0.2, 0.25) is 0 Å². The summed E-state index contributed by atoms with van der Waals surface area (Å²) in [5.41, 5.74) is 5.17. The molecule has 0 rings (SSSR count). The van der Waals surface area contributed by atoms with E-state index in [-0.39, 0.29) is 6.04 Å². The first-order valence-corrected chi connectivity index (χ1v) is 2.30. The van der Waals surface area contributed by atoms with E-state index < -0.39 is 0 Å². The molecule has 0 aliphatic carbocycles. The molecule has 0 saturated heterocycles. The van der Waals surface area contributed by atoms with Gasteiger partial charge in [-0.25, -0.2) is 0 Å². The molecule has 3 N–H and O–H groups in total. The molecule has 0 heterocycles. The van der Waals surface area contributed by atoms with Crippen LogP contribution in [0.1, 0.15) is 6.92 Å². The van der Waals surface area contributed by atoms with E-state index >= 15 is 0 Å². The smallest absolute Gasteiger partial charge is 0.0441 e. The fourth-order valence-electron chi connectivity index (χ4n) is 0.153. The van der Waals surface area contributed by atoms with E-state index in [2.05, 4.69) is 0 Å². The molecule has 3 heteroatoms. The second kappa shape index (κ2) is 2.96. The van der Waals surface area contributed by atoms with Crippen LogP contribution < -0.4 is 5.73 Å². The summed E-state index contributed by atoms with van der Waals surface area (Å²) in [6, 6.07) is 0.0694. The second-order valence-corrected chi connectivity index (χ2v) is 1.66. The minimum atomic E-state index is 0.0694. The van der Waals surface area contributed by atoms with Crippen LogP contribution in [0, 0.1) is 0 Å². The zero-order chi connectivity index (χ0) is 5.86. The molecule has 0 radical (unpaired) electrons. The molecule has 44 valence electrons. The molecule has 0 aromatic heterocycles. The minimum absolute atomic E-state index is 0.0694. The molecule has 3 nitrogen and oxygen atoms in total. The van der Waals surface area contributed by atoms with Crippen molar-refractivity contribution in [1.82, 2.24) is 5.06 Å². The molecule has 0 aliphatic rings. The summed E-state index contributed by atoms with van der Waals surface area (Å²) in [6.45, 7) is 2.34. The number of hydrogen-bond acceptors (Lipinski definition) is 3. The van der Waals surface area contributed by atoms with E-state index in [1.54, 1.807) is 7.05 Å². The quantitative estimate of drug-likeness (QED) is 0.471. The molecule has 0 saturated carbocycles. The van der Waals surface area contributed by atoms with Crippen LogP contribution in [0.4, 0.5) is 0 Å². The Balaban J connectivity index is 3.14. The van der Waals surface area contributed by atoms with Gasteiger partial charge in [0, 0.05) is 19.6 Å². The molecule has 7 heavy (non-hydrogen) atoms. The van der Waals surface area contributed by atoms with Gasteiger partial charge in [-0.1, -0.05) is 0 Å². The summed E-state index contributed by atoms with van der Waals surface area (Å²) in [5.74, 6) is 0. The maximum absolute atomic E-state index is 8.57. The number of hydrogen-bond donors (Lipinski definition) is 2. The van der Waals surface area contributed by atoms with Gasteiger partial charge < -0.3 is 10.9 Å². The van der Waals surface area contributed by atoms with Gasteiger partial charge in [-0.3, -0.25) is 0 Å². The zero-order valence-electron chi connectivity index (χ0n) is 4.76. The van der Waals surface area contributed by atoms with Crippen molar-refractivity contribution in [1.29, 1.82) is 0 Å². The molecule has 0 bridgehead atoms. The maximum Gasteiger partial charge on any atom is 0.0441 e. The monoisotopic (exact) mass is 104 g/mol. The third-order valence-electron chi connectivity index (χ3n) is 0.979. The van der Waals surface area contributed by atoms with Gasteiger partial charge >= 0.3 is 0 Å². The van der Waals surface area contributed by atoms with Gasteiger partial charge in [-0.15, -0.1) is 0 Å². The predicted octanol–water partition coefficient (Wildman–Crippen LogP) is -0.345. The van der Waals surface area contributed by atoms with E-state index in [9.17, 15) is 0 Å². The molecular weight excluding hydrogens is 92.1 g/mol. The molecule has 0 spiro atoms.